The summed E-state index contributed by atoms with van der Waals surface area (Å²) in [5.41, 5.74) is 3.79. The van der Waals surface area contributed by atoms with E-state index >= 15 is 0 Å². The van der Waals surface area contributed by atoms with E-state index in [0.29, 0.717) is 12.5 Å². The van der Waals surface area contributed by atoms with Gasteiger partial charge < -0.3 is 15.0 Å². The Morgan fingerprint density at radius 3 is 2.76 bits per heavy atom. The minimum Gasteiger partial charge on any atom is -0.497 e. The zero-order chi connectivity index (χ0) is 17.6. The summed E-state index contributed by atoms with van der Waals surface area (Å²) in [5.74, 6) is 1.28. The van der Waals surface area contributed by atoms with Crippen LogP contribution in [0.1, 0.15) is 29.0 Å². The van der Waals surface area contributed by atoms with Gasteiger partial charge in [0.15, 0.2) is 0 Å². The van der Waals surface area contributed by atoms with E-state index in [1.807, 2.05) is 17.0 Å². The van der Waals surface area contributed by atoms with E-state index in [4.69, 9.17) is 4.74 Å². The summed E-state index contributed by atoms with van der Waals surface area (Å²) in [7, 11) is 1.67. The highest BCUT2D eigenvalue weighted by Crippen LogP contribution is 2.28. The van der Waals surface area contributed by atoms with Crippen molar-refractivity contribution in [1.29, 1.82) is 0 Å². The number of urea groups is 1. The van der Waals surface area contributed by atoms with Gasteiger partial charge in [0.2, 0.25) is 0 Å². The summed E-state index contributed by atoms with van der Waals surface area (Å²) in [4.78, 5) is 14.3. The minimum atomic E-state index is 0.0451. The lowest BCUT2D eigenvalue weighted by atomic mass is 9.98. The zero-order valence-corrected chi connectivity index (χ0v) is 15.0. The Morgan fingerprint density at radius 1 is 1.24 bits per heavy atom. The summed E-state index contributed by atoms with van der Waals surface area (Å²) in [6, 6.07) is 16.6. The van der Waals surface area contributed by atoms with Crippen LogP contribution in [0.5, 0.6) is 5.75 Å². The average molecular weight is 338 g/mol. The number of hydrogen-bond acceptors (Lipinski definition) is 2. The molecule has 1 N–H and O–H groups in total. The van der Waals surface area contributed by atoms with Crippen LogP contribution in [0.4, 0.5) is 4.79 Å². The molecule has 1 fully saturated rings. The Bertz CT molecular complexity index is 712. The molecule has 4 heteroatoms. The maximum atomic E-state index is 12.4. The van der Waals surface area contributed by atoms with Gasteiger partial charge in [0.25, 0.3) is 0 Å². The highest BCUT2D eigenvalue weighted by atomic mass is 16.5. The number of likely N-dealkylation sites (tertiary alicyclic amines) is 1. The topological polar surface area (TPSA) is 41.6 Å². The molecule has 0 bridgehead atoms. The Labute approximate surface area is 149 Å². The molecule has 2 aromatic carbocycles. The van der Waals surface area contributed by atoms with E-state index in [2.05, 4.69) is 48.6 Å². The molecule has 1 atom stereocenters. The summed E-state index contributed by atoms with van der Waals surface area (Å²) < 4.78 is 5.20. The summed E-state index contributed by atoms with van der Waals surface area (Å²) in [6.45, 7) is 4.35. The molecule has 0 radical (unpaired) electrons. The lowest BCUT2D eigenvalue weighted by Gasteiger charge is -2.18. The summed E-state index contributed by atoms with van der Waals surface area (Å²) in [6.07, 6.45) is 1.88. The molecule has 2 aromatic rings. The van der Waals surface area contributed by atoms with Crippen LogP contribution in [0.15, 0.2) is 48.5 Å². The van der Waals surface area contributed by atoms with Gasteiger partial charge in [-0.1, -0.05) is 42.0 Å². The van der Waals surface area contributed by atoms with Crippen molar-refractivity contribution in [2.45, 2.75) is 25.7 Å². The highest BCUT2D eigenvalue weighted by molar-refractivity contribution is 5.74. The zero-order valence-electron chi connectivity index (χ0n) is 15.0. The van der Waals surface area contributed by atoms with Gasteiger partial charge in [-0.05, 0) is 43.0 Å². The Hall–Kier alpha value is -2.49. The Balaban J connectivity index is 1.47. The summed E-state index contributed by atoms with van der Waals surface area (Å²) in [5, 5.41) is 3.05. The first kappa shape index (κ1) is 17.3. The van der Waals surface area contributed by atoms with Crippen molar-refractivity contribution < 1.29 is 9.53 Å². The minimum absolute atomic E-state index is 0.0451. The Kier molecular flexibility index (Phi) is 5.59. The Morgan fingerprint density at radius 2 is 2.04 bits per heavy atom. The number of carbonyl (C=O) groups excluding carboxylic acids is 1. The lowest BCUT2D eigenvalue weighted by molar-refractivity contribution is 0.208. The smallest absolute Gasteiger partial charge is 0.317 e. The van der Waals surface area contributed by atoms with Crippen molar-refractivity contribution >= 4 is 6.03 Å². The van der Waals surface area contributed by atoms with E-state index in [1.165, 1.54) is 16.7 Å². The van der Waals surface area contributed by atoms with Gasteiger partial charge in [-0.2, -0.15) is 0 Å². The molecule has 25 heavy (non-hydrogen) atoms. The van der Waals surface area contributed by atoms with Crippen molar-refractivity contribution in [3.05, 3.63) is 65.2 Å². The molecule has 1 unspecified atom stereocenters. The van der Waals surface area contributed by atoms with Crippen LogP contribution in [-0.4, -0.2) is 37.7 Å². The van der Waals surface area contributed by atoms with Gasteiger partial charge in [0, 0.05) is 25.6 Å². The maximum Gasteiger partial charge on any atom is 0.317 e. The first-order chi connectivity index (χ1) is 12.2. The van der Waals surface area contributed by atoms with Gasteiger partial charge in [0.05, 0.1) is 7.11 Å². The van der Waals surface area contributed by atoms with Gasteiger partial charge in [-0.25, -0.2) is 4.79 Å². The molecule has 1 saturated heterocycles. The molecule has 1 aliphatic rings. The second-order valence-corrected chi connectivity index (χ2v) is 6.68. The first-order valence-electron chi connectivity index (χ1n) is 8.88. The van der Waals surface area contributed by atoms with Crippen molar-refractivity contribution in [2.75, 3.05) is 26.7 Å². The molecule has 1 aliphatic heterocycles. The number of nitrogens with one attached hydrogen (secondary N) is 1. The molecular weight excluding hydrogens is 312 g/mol. The SMILES string of the molecule is COc1ccc(C2CCN(C(=O)NCCc3cccc(C)c3)C2)cc1. The van der Waals surface area contributed by atoms with Gasteiger partial charge >= 0.3 is 6.03 Å². The van der Waals surface area contributed by atoms with Crippen molar-refractivity contribution in [3.8, 4) is 5.75 Å². The number of amides is 2. The molecule has 1 heterocycles. The van der Waals surface area contributed by atoms with E-state index < -0.39 is 0 Å². The van der Waals surface area contributed by atoms with Crippen LogP contribution in [0.25, 0.3) is 0 Å². The maximum absolute atomic E-state index is 12.4. The lowest BCUT2D eigenvalue weighted by Crippen LogP contribution is -2.39. The fraction of sp³-hybridized carbons (Fsp3) is 0.381. The van der Waals surface area contributed by atoms with Crippen LogP contribution in [-0.2, 0) is 6.42 Å². The molecule has 0 aliphatic carbocycles. The van der Waals surface area contributed by atoms with Crippen molar-refractivity contribution in [3.63, 3.8) is 0 Å². The number of hydrogen-bond donors (Lipinski definition) is 1. The normalized spacial score (nSPS) is 16.7. The molecule has 132 valence electrons. The molecular formula is C21H26N2O2. The molecule has 2 amide bonds. The van der Waals surface area contributed by atoms with E-state index in [0.717, 1.165) is 31.7 Å². The first-order valence-corrected chi connectivity index (χ1v) is 8.88. The fourth-order valence-corrected chi connectivity index (χ4v) is 3.39. The number of ether oxygens (including phenoxy) is 1. The molecule has 3 rings (SSSR count). The second kappa shape index (κ2) is 8.06. The third-order valence-corrected chi connectivity index (χ3v) is 4.84. The standard InChI is InChI=1S/C21H26N2O2/c1-16-4-3-5-17(14-16)10-12-22-21(24)23-13-11-19(15-23)18-6-8-20(25-2)9-7-18/h3-9,14,19H,10-13,15H2,1-2H3,(H,22,24). The number of aryl methyl sites for hydroxylation is 1. The fourth-order valence-electron chi connectivity index (χ4n) is 3.39. The number of nitrogens with zero attached hydrogens (tertiary/aromatic N) is 1. The molecule has 0 spiro atoms. The molecule has 4 nitrogen and oxygen atoms in total. The van der Waals surface area contributed by atoms with Crippen LogP contribution in [0.2, 0.25) is 0 Å². The third kappa shape index (κ3) is 4.53. The monoisotopic (exact) mass is 338 g/mol. The number of carbonyl (C=O) groups is 1. The number of methoxy groups -OCH3 is 1. The largest absolute Gasteiger partial charge is 0.497 e. The second-order valence-electron chi connectivity index (χ2n) is 6.68. The van der Waals surface area contributed by atoms with Crippen LogP contribution in [0, 0.1) is 6.92 Å². The van der Waals surface area contributed by atoms with Gasteiger partial charge in [-0.15, -0.1) is 0 Å². The third-order valence-electron chi connectivity index (χ3n) is 4.84. The average Bonchev–Trinajstić information content (AvgIpc) is 3.12. The van der Waals surface area contributed by atoms with E-state index in [9.17, 15) is 4.79 Å². The quantitative estimate of drug-likeness (QED) is 0.902. The summed E-state index contributed by atoms with van der Waals surface area (Å²) >= 11 is 0. The molecule has 0 saturated carbocycles. The van der Waals surface area contributed by atoms with Crippen LogP contribution >= 0.6 is 0 Å². The number of rotatable bonds is 5. The van der Waals surface area contributed by atoms with E-state index in [-0.39, 0.29) is 6.03 Å². The van der Waals surface area contributed by atoms with Crippen molar-refractivity contribution in [2.24, 2.45) is 0 Å². The highest BCUT2D eigenvalue weighted by Gasteiger charge is 2.27. The molecule has 0 aromatic heterocycles. The van der Waals surface area contributed by atoms with E-state index in [1.54, 1.807) is 7.11 Å². The predicted molar refractivity (Wildman–Crippen MR) is 100 cm³/mol. The van der Waals surface area contributed by atoms with Gasteiger partial charge in [-0.3, -0.25) is 0 Å². The van der Waals surface area contributed by atoms with Gasteiger partial charge in [0.1, 0.15) is 5.75 Å². The van der Waals surface area contributed by atoms with Crippen molar-refractivity contribution in [1.82, 2.24) is 10.2 Å². The number of benzene rings is 2. The van der Waals surface area contributed by atoms with Crippen LogP contribution in [0.3, 0.4) is 0 Å². The van der Waals surface area contributed by atoms with Crippen LogP contribution < -0.4 is 10.1 Å². The predicted octanol–water partition coefficient (Wildman–Crippen LogP) is 3.75.